The van der Waals surface area contributed by atoms with Gasteiger partial charge in [0, 0.05) is 0 Å². The van der Waals surface area contributed by atoms with E-state index >= 15 is 0 Å². The van der Waals surface area contributed by atoms with Gasteiger partial charge in [-0.25, -0.2) is 8.78 Å². The molecule has 1 aliphatic rings. The van der Waals surface area contributed by atoms with Crippen molar-refractivity contribution in [2.75, 3.05) is 20.2 Å². The second-order valence-electron chi connectivity index (χ2n) is 4.40. The minimum absolute atomic E-state index is 0.00374. The maximum Gasteiger partial charge on any atom is 0.267 e. The number of hydrogen-bond acceptors (Lipinski definition) is 2. The Morgan fingerprint density at radius 2 is 2.29 bits per heavy atom. The fraction of sp³-hybridized carbons (Fsp3) is 0.538. The molecular formula is C13H17F2NO. The zero-order chi connectivity index (χ0) is 12.3. The number of hydrogen-bond donors (Lipinski definition) is 1. The second kappa shape index (κ2) is 5.45. The third-order valence-corrected chi connectivity index (χ3v) is 3.24. The molecular weight excluding hydrogens is 224 g/mol. The lowest BCUT2D eigenvalue weighted by atomic mass is 9.96. The number of methoxy groups -OCH3 is 1. The Hall–Kier alpha value is -1.16. The summed E-state index contributed by atoms with van der Waals surface area (Å²) in [5.74, 6) is 0.881. The van der Waals surface area contributed by atoms with E-state index < -0.39 is 6.43 Å². The van der Waals surface area contributed by atoms with Gasteiger partial charge in [0.2, 0.25) is 0 Å². The monoisotopic (exact) mass is 241 g/mol. The molecule has 1 saturated heterocycles. The lowest BCUT2D eigenvalue weighted by molar-refractivity contribution is 0.147. The van der Waals surface area contributed by atoms with Crippen molar-refractivity contribution in [2.45, 2.75) is 19.3 Å². The molecule has 1 atom stereocenters. The highest BCUT2D eigenvalue weighted by Gasteiger charge is 2.20. The van der Waals surface area contributed by atoms with E-state index in [0.29, 0.717) is 11.7 Å². The summed E-state index contributed by atoms with van der Waals surface area (Å²) in [4.78, 5) is 0. The van der Waals surface area contributed by atoms with Crippen molar-refractivity contribution in [3.63, 3.8) is 0 Å². The molecule has 2 rings (SSSR count). The molecule has 94 valence electrons. The van der Waals surface area contributed by atoms with E-state index in [9.17, 15) is 8.78 Å². The predicted octanol–water partition coefficient (Wildman–Crippen LogP) is 2.78. The minimum atomic E-state index is -2.48. The van der Waals surface area contributed by atoms with Crippen LogP contribution in [0, 0.1) is 5.92 Å². The fourth-order valence-electron chi connectivity index (χ4n) is 2.39. The number of halogens is 2. The van der Waals surface area contributed by atoms with Gasteiger partial charge in [-0.1, -0.05) is 12.1 Å². The van der Waals surface area contributed by atoms with Gasteiger partial charge in [-0.2, -0.15) is 0 Å². The van der Waals surface area contributed by atoms with Gasteiger partial charge in [0.25, 0.3) is 6.43 Å². The Kier molecular flexibility index (Phi) is 3.94. The van der Waals surface area contributed by atoms with E-state index in [-0.39, 0.29) is 5.56 Å². The summed E-state index contributed by atoms with van der Waals surface area (Å²) >= 11 is 0. The highest BCUT2D eigenvalue weighted by atomic mass is 19.3. The summed E-state index contributed by atoms with van der Waals surface area (Å²) in [6.45, 7) is 1.98. The molecule has 1 aliphatic heterocycles. The Balaban J connectivity index is 2.22. The van der Waals surface area contributed by atoms with Gasteiger partial charge >= 0.3 is 0 Å². The van der Waals surface area contributed by atoms with E-state index in [4.69, 9.17) is 4.74 Å². The van der Waals surface area contributed by atoms with Crippen molar-refractivity contribution in [3.05, 3.63) is 29.3 Å². The fourth-order valence-corrected chi connectivity index (χ4v) is 2.39. The van der Waals surface area contributed by atoms with Crippen LogP contribution < -0.4 is 10.1 Å². The molecule has 0 radical (unpaired) electrons. The van der Waals surface area contributed by atoms with Crippen LogP contribution in [0.5, 0.6) is 5.75 Å². The first-order chi connectivity index (χ1) is 8.22. The molecule has 4 heteroatoms. The van der Waals surface area contributed by atoms with Crippen molar-refractivity contribution >= 4 is 0 Å². The van der Waals surface area contributed by atoms with Crippen LogP contribution in [0.2, 0.25) is 0 Å². The molecule has 0 amide bonds. The first-order valence-corrected chi connectivity index (χ1v) is 5.87. The second-order valence-corrected chi connectivity index (χ2v) is 4.40. The first-order valence-electron chi connectivity index (χ1n) is 5.87. The molecule has 1 unspecified atom stereocenters. The van der Waals surface area contributed by atoms with Gasteiger partial charge in [0.1, 0.15) is 5.75 Å². The van der Waals surface area contributed by atoms with Crippen LogP contribution in [0.15, 0.2) is 18.2 Å². The van der Waals surface area contributed by atoms with Gasteiger partial charge in [0.15, 0.2) is 0 Å². The summed E-state index contributed by atoms with van der Waals surface area (Å²) in [5, 5.41) is 3.28. The van der Waals surface area contributed by atoms with Crippen LogP contribution in [0.25, 0.3) is 0 Å². The van der Waals surface area contributed by atoms with Crippen LogP contribution in [-0.2, 0) is 6.42 Å². The Morgan fingerprint density at radius 1 is 1.47 bits per heavy atom. The lowest BCUT2D eigenvalue weighted by Crippen LogP contribution is -2.11. The van der Waals surface area contributed by atoms with E-state index in [0.717, 1.165) is 31.5 Å². The average Bonchev–Trinajstić information content (AvgIpc) is 2.81. The Labute approximate surface area is 100.0 Å². The zero-order valence-corrected chi connectivity index (χ0v) is 9.88. The van der Waals surface area contributed by atoms with Crippen molar-refractivity contribution in [3.8, 4) is 5.75 Å². The van der Waals surface area contributed by atoms with Gasteiger partial charge in [-0.3, -0.25) is 0 Å². The summed E-state index contributed by atoms with van der Waals surface area (Å²) in [7, 11) is 1.46. The summed E-state index contributed by atoms with van der Waals surface area (Å²) in [6.07, 6.45) is -0.578. The highest BCUT2D eigenvalue weighted by Crippen LogP contribution is 2.33. The average molecular weight is 241 g/mol. The number of rotatable bonds is 4. The van der Waals surface area contributed by atoms with E-state index in [1.165, 1.54) is 13.2 Å². The SMILES string of the molecule is COc1c(CC2CCNC2)cccc1C(F)F. The standard InChI is InChI=1S/C13H17F2NO/c1-17-12-10(7-9-5-6-16-8-9)3-2-4-11(12)13(14)15/h2-4,9,13,16H,5-8H2,1H3. The van der Waals surface area contributed by atoms with Crippen LogP contribution in [0.1, 0.15) is 24.0 Å². The van der Waals surface area contributed by atoms with E-state index in [1.807, 2.05) is 6.07 Å². The molecule has 0 aliphatic carbocycles. The molecule has 17 heavy (non-hydrogen) atoms. The molecule has 1 fully saturated rings. The lowest BCUT2D eigenvalue weighted by Gasteiger charge is -2.15. The van der Waals surface area contributed by atoms with Gasteiger partial charge in [0.05, 0.1) is 12.7 Å². The summed E-state index contributed by atoms with van der Waals surface area (Å²) < 4.78 is 30.8. The third kappa shape index (κ3) is 2.75. The van der Waals surface area contributed by atoms with Crippen LogP contribution in [-0.4, -0.2) is 20.2 Å². The number of ether oxygens (including phenoxy) is 1. The molecule has 0 aromatic heterocycles. The van der Waals surface area contributed by atoms with Crippen molar-refractivity contribution in [1.29, 1.82) is 0 Å². The van der Waals surface area contributed by atoms with Gasteiger partial charge in [-0.15, -0.1) is 0 Å². The molecule has 1 aromatic rings. The topological polar surface area (TPSA) is 21.3 Å². The van der Waals surface area contributed by atoms with E-state index in [1.54, 1.807) is 6.07 Å². The summed E-state index contributed by atoms with van der Waals surface area (Å²) in [5.41, 5.74) is 0.884. The molecule has 0 saturated carbocycles. The normalized spacial score (nSPS) is 19.9. The minimum Gasteiger partial charge on any atom is -0.496 e. The molecule has 0 spiro atoms. The van der Waals surface area contributed by atoms with Gasteiger partial charge < -0.3 is 10.1 Å². The molecule has 1 aromatic carbocycles. The van der Waals surface area contributed by atoms with Crippen molar-refractivity contribution in [2.24, 2.45) is 5.92 Å². The van der Waals surface area contributed by atoms with Crippen molar-refractivity contribution in [1.82, 2.24) is 5.32 Å². The van der Waals surface area contributed by atoms with Crippen LogP contribution >= 0.6 is 0 Å². The number of nitrogens with one attached hydrogen (secondary N) is 1. The number of para-hydroxylation sites is 1. The molecule has 2 nitrogen and oxygen atoms in total. The number of alkyl halides is 2. The maximum atomic E-state index is 12.8. The molecule has 1 heterocycles. The van der Waals surface area contributed by atoms with Crippen LogP contribution in [0.4, 0.5) is 8.78 Å². The van der Waals surface area contributed by atoms with Crippen LogP contribution in [0.3, 0.4) is 0 Å². The number of benzene rings is 1. The van der Waals surface area contributed by atoms with E-state index in [2.05, 4.69) is 5.32 Å². The Bertz CT molecular complexity index is 376. The molecule has 0 bridgehead atoms. The zero-order valence-electron chi connectivity index (χ0n) is 9.88. The Morgan fingerprint density at radius 3 is 2.88 bits per heavy atom. The third-order valence-electron chi connectivity index (χ3n) is 3.24. The first kappa shape index (κ1) is 12.3. The maximum absolute atomic E-state index is 12.8. The van der Waals surface area contributed by atoms with Crippen molar-refractivity contribution < 1.29 is 13.5 Å². The smallest absolute Gasteiger partial charge is 0.267 e. The predicted molar refractivity (Wildman–Crippen MR) is 62.6 cm³/mol. The highest BCUT2D eigenvalue weighted by molar-refractivity contribution is 5.42. The summed E-state index contributed by atoms with van der Waals surface area (Å²) in [6, 6.07) is 4.99. The quantitative estimate of drug-likeness (QED) is 0.875. The molecule has 1 N–H and O–H groups in total. The largest absolute Gasteiger partial charge is 0.496 e. The van der Waals surface area contributed by atoms with Gasteiger partial charge in [-0.05, 0) is 43.5 Å².